The van der Waals surface area contributed by atoms with Gasteiger partial charge in [0.1, 0.15) is 0 Å². The van der Waals surface area contributed by atoms with Crippen LogP contribution in [0.1, 0.15) is 13.8 Å². The second kappa shape index (κ2) is 9.75. The van der Waals surface area contributed by atoms with Crippen LogP contribution < -0.4 is 20.1 Å². The fourth-order valence-corrected chi connectivity index (χ4v) is 3.22. The van der Waals surface area contributed by atoms with E-state index < -0.39 is 0 Å². The Bertz CT molecular complexity index is 1170. The lowest BCUT2D eigenvalue weighted by Gasteiger charge is -2.13. The summed E-state index contributed by atoms with van der Waals surface area (Å²) >= 11 is 0. The van der Waals surface area contributed by atoms with Crippen molar-refractivity contribution in [1.82, 2.24) is 9.97 Å². The molecule has 2 aromatic carbocycles. The highest BCUT2D eigenvalue weighted by Gasteiger charge is 2.15. The Morgan fingerprint density at radius 2 is 1.77 bits per heavy atom. The van der Waals surface area contributed by atoms with Gasteiger partial charge in [-0.05, 0) is 32.0 Å². The molecule has 0 spiro atoms. The SMILES string of the molecule is C/C=C\C(=C/C)C(=O)Nc1cccc(-c2nc(NC)nc3cc(OC)c(OC)cc23)c1. The molecule has 7 heteroatoms. The van der Waals surface area contributed by atoms with Gasteiger partial charge in [-0.3, -0.25) is 4.79 Å². The molecule has 2 N–H and O–H groups in total. The number of hydrogen-bond acceptors (Lipinski definition) is 6. The number of nitrogens with one attached hydrogen (secondary N) is 2. The number of benzene rings is 2. The molecule has 160 valence electrons. The lowest BCUT2D eigenvalue weighted by molar-refractivity contribution is -0.112. The summed E-state index contributed by atoms with van der Waals surface area (Å²) in [7, 11) is 4.94. The Hall–Kier alpha value is -3.87. The van der Waals surface area contributed by atoms with Crippen molar-refractivity contribution in [2.45, 2.75) is 13.8 Å². The Balaban J connectivity index is 2.11. The van der Waals surface area contributed by atoms with E-state index in [-0.39, 0.29) is 5.91 Å². The highest BCUT2D eigenvalue weighted by molar-refractivity contribution is 6.06. The first-order chi connectivity index (χ1) is 15.0. The summed E-state index contributed by atoms with van der Waals surface area (Å²) in [6, 6.07) is 11.2. The number of rotatable bonds is 7. The minimum absolute atomic E-state index is 0.174. The molecule has 0 aliphatic heterocycles. The summed E-state index contributed by atoms with van der Waals surface area (Å²) in [5, 5.41) is 6.75. The van der Waals surface area contributed by atoms with Crippen molar-refractivity contribution in [3.05, 3.63) is 60.2 Å². The van der Waals surface area contributed by atoms with E-state index in [9.17, 15) is 4.79 Å². The molecule has 0 saturated heterocycles. The van der Waals surface area contributed by atoms with Crippen molar-refractivity contribution in [3.8, 4) is 22.8 Å². The number of allylic oxidation sites excluding steroid dienone is 2. The number of hydrogen-bond donors (Lipinski definition) is 2. The number of carbonyl (C=O) groups is 1. The zero-order valence-corrected chi connectivity index (χ0v) is 18.3. The zero-order chi connectivity index (χ0) is 22.4. The second-order valence-corrected chi connectivity index (χ2v) is 6.65. The van der Waals surface area contributed by atoms with Crippen molar-refractivity contribution >= 4 is 28.4 Å². The minimum atomic E-state index is -0.174. The maximum absolute atomic E-state index is 12.6. The largest absolute Gasteiger partial charge is 0.493 e. The highest BCUT2D eigenvalue weighted by atomic mass is 16.5. The van der Waals surface area contributed by atoms with E-state index in [1.165, 1.54) is 0 Å². The van der Waals surface area contributed by atoms with Crippen molar-refractivity contribution in [2.24, 2.45) is 0 Å². The van der Waals surface area contributed by atoms with Crippen LogP contribution in [0.25, 0.3) is 22.2 Å². The van der Waals surface area contributed by atoms with Crippen LogP contribution in [-0.4, -0.2) is 37.1 Å². The lowest BCUT2D eigenvalue weighted by Crippen LogP contribution is -2.13. The number of aromatic nitrogens is 2. The number of methoxy groups -OCH3 is 2. The molecule has 0 unspecified atom stereocenters. The molecule has 31 heavy (non-hydrogen) atoms. The van der Waals surface area contributed by atoms with Crippen molar-refractivity contribution in [3.63, 3.8) is 0 Å². The monoisotopic (exact) mass is 418 g/mol. The predicted molar refractivity (Wildman–Crippen MR) is 125 cm³/mol. The number of fused-ring (bicyclic) bond motifs is 1. The molecule has 0 saturated carbocycles. The number of nitrogens with zero attached hydrogens (tertiary/aromatic N) is 2. The smallest absolute Gasteiger partial charge is 0.255 e. The quantitative estimate of drug-likeness (QED) is 0.423. The van der Waals surface area contributed by atoms with Gasteiger partial charge in [-0.15, -0.1) is 0 Å². The Morgan fingerprint density at radius 3 is 2.42 bits per heavy atom. The molecule has 1 amide bonds. The first-order valence-electron chi connectivity index (χ1n) is 9.86. The number of carbonyl (C=O) groups excluding carboxylic acids is 1. The molecule has 1 aromatic heterocycles. The van der Waals surface area contributed by atoms with Crippen LogP contribution in [0.15, 0.2) is 60.2 Å². The van der Waals surface area contributed by atoms with E-state index in [2.05, 4.69) is 20.6 Å². The van der Waals surface area contributed by atoms with Crippen molar-refractivity contribution < 1.29 is 14.3 Å². The fourth-order valence-electron chi connectivity index (χ4n) is 3.22. The van der Waals surface area contributed by atoms with Gasteiger partial charge in [-0.25, -0.2) is 9.97 Å². The molecule has 3 aromatic rings. The molecule has 3 rings (SSSR count). The van der Waals surface area contributed by atoms with Crippen LogP contribution >= 0.6 is 0 Å². The molecule has 0 fully saturated rings. The first kappa shape index (κ1) is 21.8. The molecular weight excluding hydrogens is 392 g/mol. The third kappa shape index (κ3) is 4.66. The number of anilines is 2. The highest BCUT2D eigenvalue weighted by Crippen LogP contribution is 2.36. The molecule has 0 atom stereocenters. The summed E-state index contributed by atoms with van der Waals surface area (Å²) in [4.78, 5) is 21.8. The number of amides is 1. The molecule has 0 aliphatic rings. The van der Waals surface area contributed by atoms with E-state index in [1.54, 1.807) is 33.4 Å². The first-order valence-corrected chi connectivity index (χ1v) is 9.86. The van der Waals surface area contributed by atoms with Crippen LogP contribution in [0.4, 0.5) is 11.6 Å². The van der Waals surface area contributed by atoms with Gasteiger partial charge in [0.2, 0.25) is 5.95 Å². The van der Waals surface area contributed by atoms with Crippen LogP contribution in [0, 0.1) is 0 Å². The zero-order valence-electron chi connectivity index (χ0n) is 18.3. The average Bonchev–Trinajstić information content (AvgIpc) is 2.80. The van der Waals surface area contributed by atoms with Crippen molar-refractivity contribution in [1.29, 1.82) is 0 Å². The lowest BCUT2D eigenvalue weighted by atomic mass is 10.0. The van der Waals surface area contributed by atoms with Crippen LogP contribution in [-0.2, 0) is 4.79 Å². The van der Waals surface area contributed by atoms with Gasteiger partial charge in [-0.1, -0.05) is 30.4 Å². The standard InChI is InChI=1S/C24H26N4O3/c1-6-9-15(7-2)23(29)26-17-11-8-10-16(12-17)22-18-13-20(30-4)21(31-5)14-19(18)27-24(25-3)28-22/h6-14H,1-5H3,(H,26,29)(H,25,27,28)/b9-6-,15-7+. The van der Waals surface area contributed by atoms with Gasteiger partial charge >= 0.3 is 0 Å². The van der Waals surface area contributed by atoms with Gasteiger partial charge in [0.15, 0.2) is 11.5 Å². The molecule has 7 nitrogen and oxygen atoms in total. The average molecular weight is 418 g/mol. The minimum Gasteiger partial charge on any atom is -0.493 e. The topological polar surface area (TPSA) is 85.4 Å². The summed E-state index contributed by atoms with van der Waals surface area (Å²) in [5.74, 6) is 1.48. The summed E-state index contributed by atoms with van der Waals surface area (Å²) < 4.78 is 10.9. The summed E-state index contributed by atoms with van der Waals surface area (Å²) in [5.41, 5.74) is 3.53. The maximum Gasteiger partial charge on any atom is 0.255 e. The van der Waals surface area contributed by atoms with E-state index in [4.69, 9.17) is 9.47 Å². The van der Waals surface area contributed by atoms with Gasteiger partial charge < -0.3 is 20.1 Å². The molecule has 0 aliphatic carbocycles. The van der Waals surface area contributed by atoms with E-state index >= 15 is 0 Å². The molecule has 1 heterocycles. The number of ether oxygens (including phenoxy) is 2. The molecule has 0 bridgehead atoms. The molecule has 0 radical (unpaired) electrons. The second-order valence-electron chi connectivity index (χ2n) is 6.65. The maximum atomic E-state index is 12.6. The fraction of sp³-hybridized carbons (Fsp3) is 0.208. The van der Waals surface area contributed by atoms with Gasteiger partial charge in [-0.2, -0.15) is 0 Å². The van der Waals surface area contributed by atoms with E-state index in [1.807, 2.05) is 56.3 Å². The normalized spacial score (nSPS) is 11.6. The predicted octanol–water partition coefficient (Wildman–Crippen LogP) is 4.82. The van der Waals surface area contributed by atoms with Crippen LogP contribution in [0.5, 0.6) is 11.5 Å². The summed E-state index contributed by atoms with van der Waals surface area (Å²) in [6.45, 7) is 3.71. The third-order valence-electron chi connectivity index (χ3n) is 4.74. The Kier molecular flexibility index (Phi) is 6.87. The van der Waals surface area contributed by atoms with Gasteiger partial charge in [0, 0.05) is 35.3 Å². The van der Waals surface area contributed by atoms with Gasteiger partial charge in [0.25, 0.3) is 5.91 Å². The Morgan fingerprint density at radius 1 is 1.03 bits per heavy atom. The summed E-state index contributed by atoms with van der Waals surface area (Å²) in [6.07, 6.45) is 5.38. The molecular formula is C24H26N4O3. The Labute approximate surface area is 181 Å². The van der Waals surface area contributed by atoms with Crippen molar-refractivity contribution in [2.75, 3.05) is 31.9 Å². The third-order valence-corrected chi connectivity index (χ3v) is 4.74. The van der Waals surface area contributed by atoms with Crippen LogP contribution in [0.2, 0.25) is 0 Å². The van der Waals surface area contributed by atoms with E-state index in [0.29, 0.717) is 39.9 Å². The van der Waals surface area contributed by atoms with Crippen LogP contribution in [0.3, 0.4) is 0 Å². The van der Waals surface area contributed by atoms with Gasteiger partial charge in [0.05, 0.1) is 25.4 Å². The van der Waals surface area contributed by atoms with E-state index in [0.717, 1.165) is 10.9 Å².